The molecular formula is C26H18Cl2N2O4. The van der Waals surface area contributed by atoms with Crippen molar-refractivity contribution >= 4 is 52.1 Å². The van der Waals surface area contributed by atoms with Crippen LogP contribution in [0.2, 0.25) is 10.0 Å². The Labute approximate surface area is 205 Å². The maximum atomic E-state index is 12.8. The van der Waals surface area contributed by atoms with Crippen LogP contribution in [0.1, 0.15) is 26.3 Å². The number of fused-ring (bicyclic) bond motifs is 1. The van der Waals surface area contributed by atoms with E-state index in [1.807, 2.05) is 30.3 Å². The SMILES string of the molecule is COc1ccc(C(=O)NN=Cc2c(OC(=O)c3ccc(Cl)cc3Cl)ccc3ccccc23)cc1. The number of carbonyl (C=O) groups is 2. The van der Waals surface area contributed by atoms with Gasteiger partial charge in [-0.1, -0.05) is 53.5 Å². The molecular weight excluding hydrogens is 475 g/mol. The molecule has 34 heavy (non-hydrogen) atoms. The number of ether oxygens (including phenoxy) is 2. The Morgan fingerprint density at radius 2 is 1.71 bits per heavy atom. The molecule has 0 aliphatic heterocycles. The van der Waals surface area contributed by atoms with Crippen LogP contribution in [0.3, 0.4) is 0 Å². The van der Waals surface area contributed by atoms with Gasteiger partial charge in [0.2, 0.25) is 0 Å². The van der Waals surface area contributed by atoms with Crippen LogP contribution in [0.4, 0.5) is 0 Å². The van der Waals surface area contributed by atoms with Gasteiger partial charge in [-0.25, -0.2) is 10.2 Å². The van der Waals surface area contributed by atoms with Crippen LogP contribution in [0.25, 0.3) is 10.8 Å². The molecule has 0 radical (unpaired) electrons. The first-order valence-corrected chi connectivity index (χ1v) is 10.9. The maximum Gasteiger partial charge on any atom is 0.345 e. The molecule has 0 fully saturated rings. The van der Waals surface area contributed by atoms with Gasteiger partial charge in [-0.15, -0.1) is 0 Å². The van der Waals surface area contributed by atoms with Crippen LogP contribution in [-0.4, -0.2) is 25.2 Å². The van der Waals surface area contributed by atoms with Crippen LogP contribution >= 0.6 is 23.2 Å². The highest BCUT2D eigenvalue weighted by molar-refractivity contribution is 6.36. The molecule has 0 unspecified atom stereocenters. The quantitative estimate of drug-likeness (QED) is 0.152. The predicted molar refractivity (Wildman–Crippen MR) is 133 cm³/mol. The number of hydrogen-bond donors (Lipinski definition) is 1. The van der Waals surface area contributed by atoms with Gasteiger partial charge in [0.25, 0.3) is 5.91 Å². The Bertz CT molecular complexity index is 1400. The summed E-state index contributed by atoms with van der Waals surface area (Å²) in [5.74, 6) is -0.139. The van der Waals surface area contributed by atoms with Crippen molar-refractivity contribution in [1.29, 1.82) is 0 Å². The van der Waals surface area contributed by atoms with Crippen molar-refractivity contribution in [1.82, 2.24) is 5.43 Å². The summed E-state index contributed by atoms with van der Waals surface area (Å²) in [4.78, 5) is 25.2. The summed E-state index contributed by atoms with van der Waals surface area (Å²) in [6, 6.07) is 22.2. The molecule has 4 rings (SSSR count). The van der Waals surface area contributed by atoms with Gasteiger partial charge in [0.15, 0.2) is 0 Å². The summed E-state index contributed by atoms with van der Waals surface area (Å²) >= 11 is 12.1. The lowest BCUT2D eigenvalue weighted by Gasteiger charge is -2.11. The van der Waals surface area contributed by atoms with E-state index < -0.39 is 11.9 Å². The molecule has 6 nitrogen and oxygen atoms in total. The molecule has 170 valence electrons. The van der Waals surface area contributed by atoms with Gasteiger partial charge in [-0.05, 0) is 59.3 Å². The molecule has 0 saturated carbocycles. The smallest absolute Gasteiger partial charge is 0.345 e. The molecule has 0 atom stereocenters. The molecule has 0 aliphatic carbocycles. The van der Waals surface area contributed by atoms with Gasteiger partial charge in [0, 0.05) is 16.1 Å². The number of rotatable bonds is 6. The molecule has 4 aromatic carbocycles. The fraction of sp³-hybridized carbons (Fsp3) is 0.0385. The molecule has 0 aliphatic rings. The highest BCUT2D eigenvalue weighted by Gasteiger charge is 2.16. The lowest BCUT2D eigenvalue weighted by atomic mass is 10.0. The van der Waals surface area contributed by atoms with E-state index >= 15 is 0 Å². The summed E-state index contributed by atoms with van der Waals surface area (Å²) in [5, 5.41) is 6.38. The van der Waals surface area contributed by atoms with Crippen molar-refractivity contribution in [3.8, 4) is 11.5 Å². The van der Waals surface area contributed by atoms with Crippen molar-refractivity contribution < 1.29 is 19.1 Å². The highest BCUT2D eigenvalue weighted by atomic mass is 35.5. The molecule has 0 saturated heterocycles. The molecule has 0 aromatic heterocycles. The Hall–Kier alpha value is -3.87. The number of hydrazone groups is 1. The molecule has 4 aromatic rings. The molecule has 8 heteroatoms. The number of methoxy groups -OCH3 is 1. The van der Waals surface area contributed by atoms with Crippen molar-refractivity contribution in [3.63, 3.8) is 0 Å². The van der Waals surface area contributed by atoms with Crippen LogP contribution in [0, 0.1) is 0 Å². The van der Waals surface area contributed by atoms with Crippen LogP contribution < -0.4 is 14.9 Å². The molecule has 1 N–H and O–H groups in total. The molecule has 1 amide bonds. The Morgan fingerprint density at radius 3 is 2.44 bits per heavy atom. The minimum atomic E-state index is -0.645. The second-order valence-electron chi connectivity index (χ2n) is 7.14. The van der Waals surface area contributed by atoms with E-state index in [1.54, 1.807) is 43.5 Å². The van der Waals surface area contributed by atoms with Gasteiger partial charge >= 0.3 is 5.97 Å². The van der Waals surface area contributed by atoms with E-state index in [9.17, 15) is 9.59 Å². The standard InChI is InChI=1S/C26H18Cl2N2O4/c1-33-19-10-6-17(7-11-19)25(31)30-29-15-22-20-5-3-2-4-16(20)8-13-24(22)34-26(32)21-12-9-18(27)14-23(21)28/h2-15H,1H3,(H,30,31). The van der Waals surface area contributed by atoms with Gasteiger partial charge in [-0.3, -0.25) is 4.79 Å². The number of hydrogen-bond acceptors (Lipinski definition) is 5. The minimum absolute atomic E-state index is 0.176. The number of benzene rings is 4. The first kappa shape index (κ1) is 23.3. The number of carbonyl (C=O) groups excluding carboxylic acids is 2. The number of nitrogens with one attached hydrogen (secondary N) is 1. The van der Waals surface area contributed by atoms with E-state index in [0.29, 0.717) is 21.9 Å². The highest BCUT2D eigenvalue weighted by Crippen LogP contribution is 2.29. The van der Waals surface area contributed by atoms with Gasteiger partial charge in [0.1, 0.15) is 11.5 Å². The topological polar surface area (TPSA) is 77.0 Å². The van der Waals surface area contributed by atoms with E-state index in [0.717, 1.165) is 10.8 Å². The fourth-order valence-electron chi connectivity index (χ4n) is 3.27. The van der Waals surface area contributed by atoms with Crippen LogP contribution in [-0.2, 0) is 0 Å². The van der Waals surface area contributed by atoms with E-state index in [1.165, 1.54) is 18.3 Å². The van der Waals surface area contributed by atoms with E-state index in [-0.39, 0.29) is 16.3 Å². The Balaban J connectivity index is 1.61. The zero-order chi connectivity index (χ0) is 24.1. The number of amides is 1. The summed E-state index contributed by atoms with van der Waals surface area (Å²) in [6.45, 7) is 0. The third-order valence-corrected chi connectivity index (χ3v) is 5.54. The maximum absolute atomic E-state index is 12.8. The summed E-state index contributed by atoms with van der Waals surface area (Å²) in [6.07, 6.45) is 1.44. The fourth-order valence-corrected chi connectivity index (χ4v) is 3.76. The second-order valence-corrected chi connectivity index (χ2v) is 7.98. The van der Waals surface area contributed by atoms with Crippen molar-refractivity contribution in [2.45, 2.75) is 0 Å². The largest absolute Gasteiger partial charge is 0.497 e. The van der Waals surface area contributed by atoms with Crippen molar-refractivity contribution in [2.75, 3.05) is 7.11 Å². The normalized spacial score (nSPS) is 10.9. The third kappa shape index (κ3) is 5.20. The van der Waals surface area contributed by atoms with E-state index in [4.69, 9.17) is 32.7 Å². The molecule has 0 bridgehead atoms. The van der Waals surface area contributed by atoms with Crippen molar-refractivity contribution in [2.24, 2.45) is 5.10 Å². The first-order valence-electron chi connectivity index (χ1n) is 10.1. The Morgan fingerprint density at radius 1 is 0.941 bits per heavy atom. The molecule has 0 heterocycles. The Kier molecular flexibility index (Phi) is 7.11. The average Bonchev–Trinajstić information content (AvgIpc) is 2.85. The van der Waals surface area contributed by atoms with Gasteiger partial charge < -0.3 is 9.47 Å². The number of esters is 1. The summed E-state index contributed by atoms with van der Waals surface area (Å²) in [5.41, 5.74) is 3.60. The number of halogens is 2. The van der Waals surface area contributed by atoms with Crippen LogP contribution in [0.15, 0.2) is 84.0 Å². The lowest BCUT2D eigenvalue weighted by Crippen LogP contribution is -2.17. The van der Waals surface area contributed by atoms with Crippen molar-refractivity contribution in [3.05, 3.63) is 106 Å². The first-order chi connectivity index (χ1) is 16.5. The summed E-state index contributed by atoms with van der Waals surface area (Å²) in [7, 11) is 1.55. The minimum Gasteiger partial charge on any atom is -0.497 e. The van der Waals surface area contributed by atoms with E-state index in [2.05, 4.69) is 10.5 Å². The third-order valence-electron chi connectivity index (χ3n) is 5.00. The monoisotopic (exact) mass is 492 g/mol. The predicted octanol–water partition coefficient (Wildman–Crippen LogP) is 6.14. The second kappa shape index (κ2) is 10.4. The molecule has 0 spiro atoms. The summed E-state index contributed by atoms with van der Waals surface area (Å²) < 4.78 is 10.7. The van der Waals surface area contributed by atoms with Gasteiger partial charge in [0.05, 0.1) is 23.9 Å². The zero-order valence-corrected chi connectivity index (χ0v) is 19.4. The lowest BCUT2D eigenvalue weighted by molar-refractivity contribution is 0.0734. The number of nitrogens with zero attached hydrogens (tertiary/aromatic N) is 1. The average molecular weight is 493 g/mol. The van der Waals surface area contributed by atoms with Crippen LogP contribution in [0.5, 0.6) is 11.5 Å². The van der Waals surface area contributed by atoms with Gasteiger partial charge in [-0.2, -0.15) is 5.10 Å². The zero-order valence-electron chi connectivity index (χ0n) is 17.9.